The third kappa shape index (κ3) is 3.72. The number of nitro benzene ring substituents is 2. The summed E-state index contributed by atoms with van der Waals surface area (Å²) in [6.07, 6.45) is 2.93. The zero-order valence-electron chi connectivity index (χ0n) is 17.8. The molecule has 2 aromatic carbocycles. The van der Waals surface area contributed by atoms with Crippen molar-refractivity contribution in [2.75, 3.05) is 0 Å². The number of aromatic nitrogens is 2. The van der Waals surface area contributed by atoms with Gasteiger partial charge in [0.25, 0.3) is 11.4 Å². The minimum absolute atomic E-state index is 0.00607. The maximum Gasteiger partial charge on any atom is 0.270 e. The van der Waals surface area contributed by atoms with Crippen molar-refractivity contribution >= 4 is 11.4 Å². The average molecular weight is 458 g/mol. The molecule has 170 valence electrons. The Morgan fingerprint density at radius 1 is 0.824 bits per heavy atom. The lowest BCUT2D eigenvalue weighted by Crippen LogP contribution is -1.93. The lowest BCUT2D eigenvalue weighted by molar-refractivity contribution is -0.385. The summed E-state index contributed by atoms with van der Waals surface area (Å²) in [7, 11) is 0. The van der Waals surface area contributed by atoms with E-state index < -0.39 is 9.85 Å². The Hall–Kier alpha value is -4.34. The molecular weight excluding hydrogens is 440 g/mol. The summed E-state index contributed by atoms with van der Waals surface area (Å²) in [5.41, 5.74) is 3.36. The van der Waals surface area contributed by atoms with E-state index in [-0.39, 0.29) is 23.2 Å². The summed E-state index contributed by atoms with van der Waals surface area (Å²) in [4.78, 5) is 21.8. The molecule has 2 atom stereocenters. The van der Waals surface area contributed by atoms with Crippen LogP contribution in [0.3, 0.4) is 0 Å². The first kappa shape index (κ1) is 20.3. The molecule has 0 saturated heterocycles. The second-order valence-electron chi connectivity index (χ2n) is 8.83. The molecule has 0 aliphatic heterocycles. The highest BCUT2D eigenvalue weighted by atomic mass is 16.6. The molecule has 6 rings (SSSR count). The SMILES string of the molecule is O=[N+]([O-])c1cccc(-c2cc(C3CC3c3cc(-c4cc(C5CC5)on4)cc([N+](=O)[O-])c3)no2)c1. The van der Waals surface area contributed by atoms with Crippen LogP contribution in [0, 0.1) is 20.2 Å². The maximum atomic E-state index is 11.6. The number of rotatable bonds is 7. The second kappa shape index (κ2) is 7.62. The topological polar surface area (TPSA) is 138 Å². The molecule has 0 bridgehead atoms. The first-order valence-corrected chi connectivity index (χ1v) is 10.9. The molecule has 0 spiro atoms. The number of benzene rings is 2. The monoisotopic (exact) mass is 458 g/mol. The summed E-state index contributed by atoms with van der Waals surface area (Å²) in [6, 6.07) is 14.9. The molecule has 10 nitrogen and oxygen atoms in total. The molecule has 0 radical (unpaired) electrons. The van der Waals surface area contributed by atoms with Crippen molar-refractivity contribution in [1.29, 1.82) is 0 Å². The molecule has 2 aliphatic carbocycles. The van der Waals surface area contributed by atoms with Crippen LogP contribution in [0.25, 0.3) is 22.6 Å². The molecule has 34 heavy (non-hydrogen) atoms. The quantitative estimate of drug-likeness (QED) is 0.244. The molecule has 4 aromatic rings. The van der Waals surface area contributed by atoms with Gasteiger partial charge in [-0.25, -0.2) is 0 Å². The summed E-state index contributed by atoms with van der Waals surface area (Å²) >= 11 is 0. The number of non-ortho nitro benzene ring substituents is 2. The van der Waals surface area contributed by atoms with Gasteiger partial charge in [-0.15, -0.1) is 0 Å². The van der Waals surface area contributed by atoms with E-state index in [1.54, 1.807) is 24.3 Å². The predicted molar refractivity (Wildman–Crippen MR) is 119 cm³/mol. The number of hydrogen-bond donors (Lipinski definition) is 0. The van der Waals surface area contributed by atoms with Crippen molar-refractivity contribution < 1.29 is 18.9 Å². The Bertz CT molecular complexity index is 1440. The second-order valence-corrected chi connectivity index (χ2v) is 8.83. The van der Waals surface area contributed by atoms with Gasteiger partial charge in [-0.05, 0) is 36.8 Å². The van der Waals surface area contributed by atoms with Crippen molar-refractivity contribution in [3.8, 4) is 22.6 Å². The van der Waals surface area contributed by atoms with E-state index in [9.17, 15) is 20.2 Å². The van der Waals surface area contributed by atoms with Gasteiger partial charge in [-0.2, -0.15) is 0 Å². The standard InChI is InChI=1S/C24H18N4O6/c29-27(30)17-3-1-2-14(7-17)24-12-22(26-34-24)20-10-19(20)15-6-16(9-18(8-15)28(31)32)21-11-23(33-25-21)13-4-5-13/h1-3,6-9,11-13,19-20H,4-5,10H2. The van der Waals surface area contributed by atoms with Crippen molar-refractivity contribution in [3.05, 3.63) is 91.8 Å². The summed E-state index contributed by atoms with van der Waals surface area (Å²) < 4.78 is 10.9. The van der Waals surface area contributed by atoms with E-state index in [1.165, 1.54) is 18.2 Å². The van der Waals surface area contributed by atoms with Crippen LogP contribution in [0.1, 0.15) is 54.0 Å². The van der Waals surface area contributed by atoms with E-state index >= 15 is 0 Å². The van der Waals surface area contributed by atoms with E-state index in [1.807, 2.05) is 12.1 Å². The van der Waals surface area contributed by atoms with Gasteiger partial charge in [0.1, 0.15) is 11.5 Å². The highest BCUT2D eigenvalue weighted by Crippen LogP contribution is 2.55. The molecule has 2 saturated carbocycles. The van der Waals surface area contributed by atoms with Crippen molar-refractivity contribution in [2.45, 2.75) is 37.0 Å². The molecule has 10 heteroatoms. The lowest BCUT2D eigenvalue weighted by Gasteiger charge is -2.03. The van der Waals surface area contributed by atoms with Gasteiger partial charge >= 0.3 is 0 Å². The highest BCUT2D eigenvalue weighted by Gasteiger charge is 2.42. The fourth-order valence-electron chi connectivity index (χ4n) is 4.35. The molecule has 2 aliphatic rings. The average Bonchev–Trinajstić information content (AvgIpc) is 3.75. The molecule has 0 N–H and O–H groups in total. The largest absolute Gasteiger partial charge is 0.360 e. The van der Waals surface area contributed by atoms with Gasteiger partial charge < -0.3 is 9.05 Å². The van der Waals surface area contributed by atoms with Crippen LogP contribution >= 0.6 is 0 Å². The van der Waals surface area contributed by atoms with Gasteiger partial charge in [-0.1, -0.05) is 22.4 Å². The van der Waals surface area contributed by atoms with Gasteiger partial charge in [0, 0.05) is 59.4 Å². The normalized spacial score (nSPS) is 19.2. The zero-order valence-corrected chi connectivity index (χ0v) is 17.8. The molecular formula is C24H18N4O6. The van der Waals surface area contributed by atoms with Crippen LogP contribution in [0.15, 0.2) is 63.6 Å². The number of hydrogen-bond acceptors (Lipinski definition) is 8. The Morgan fingerprint density at radius 3 is 2.38 bits per heavy atom. The third-order valence-corrected chi connectivity index (χ3v) is 6.42. The maximum absolute atomic E-state index is 11.6. The smallest absolute Gasteiger partial charge is 0.270 e. The first-order valence-electron chi connectivity index (χ1n) is 10.9. The van der Waals surface area contributed by atoms with Crippen molar-refractivity contribution in [2.24, 2.45) is 0 Å². The predicted octanol–water partition coefficient (Wildman–Crippen LogP) is 5.96. The lowest BCUT2D eigenvalue weighted by atomic mass is 10.0. The summed E-state index contributed by atoms with van der Waals surface area (Å²) in [5.74, 6) is 1.77. The summed E-state index contributed by atoms with van der Waals surface area (Å²) in [5, 5.41) is 30.9. The van der Waals surface area contributed by atoms with E-state index in [0.29, 0.717) is 28.5 Å². The Kier molecular flexibility index (Phi) is 4.54. The molecule has 2 aromatic heterocycles. The highest BCUT2D eigenvalue weighted by molar-refractivity contribution is 5.65. The van der Waals surface area contributed by atoms with Gasteiger partial charge in [0.05, 0.1) is 15.5 Å². The van der Waals surface area contributed by atoms with Gasteiger partial charge in [-0.3, -0.25) is 20.2 Å². The molecule has 0 amide bonds. The van der Waals surface area contributed by atoms with Crippen LogP contribution in [-0.4, -0.2) is 20.2 Å². The number of nitro groups is 2. The van der Waals surface area contributed by atoms with E-state index in [0.717, 1.165) is 36.3 Å². The number of nitrogens with zero attached hydrogens (tertiary/aromatic N) is 4. The van der Waals surface area contributed by atoms with Crippen LogP contribution in [0.5, 0.6) is 0 Å². The van der Waals surface area contributed by atoms with Crippen molar-refractivity contribution in [3.63, 3.8) is 0 Å². The van der Waals surface area contributed by atoms with E-state index in [4.69, 9.17) is 9.05 Å². The molecule has 2 heterocycles. The fourth-order valence-corrected chi connectivity index (χ4v) is 4.35. The van der Waals surface area contributed by atoms with Gasteiger partial charge in [0.2, 0.25) is 0 Å². The minimum atomic E-state index is -0.458. The zero-order chi connectivity index (χ0) is 23.4. The summed E-state index contributed by atoms with van der Waals surface area (Å²) in [6.45, 7) is 0. The molecule has 2 unspecified atom stereocenters. The Labute approximate surface area is 192 Å². The first-order chi connectivity index (χ1) is 16.5. The van der Waals surface area contributed by atoms with Crippen LogP contribution in [0.2, 0.25) is 0 Å². The van der Waals surface area contributed by atoms with Crippen molar-refractivity contribution in [1.82, 2.24) is 10.3 Å². The van der Waals surface area contributed by atoms with Crippen LogP contribution in [0.4, 0.5) is 11.4 Å². The van der Waals surface area contributed by atoms with Gasteiger partial charge in [0.15, 0.2) is 5.76 Å². The van der Waals surface area contributed by atoms with E-state index in [2.05, 4.69) is 10.3 Å². The van der Waals surface area contributed by atoms with Crippen LogP contribution in [-0.2, 0) is 0 Å². The minimum Gasteiger partial charge on any atom is -0.360 e. The van der Waals surface area contributed by atoms with Crippen LogP contribution < -0.4 is 0 Å². The fraction of sp³-hybridized carbons (Fsp3) is 0.250. The Morgan fingerprint density at radius 2 is 1.62 bits per heavy atom. The molecule has 2 fully saturated rings. The third-order valence-electron chi connectivity index (χ3n) is 6.42. The Balaban J connectivity index is 1.27.